The maximum absolute atomic E-state index is 5.17. The Morgan fingerprint density at radius 3 is 2.00 bits per heavy atom. The summed E-state index contributed by atoms with van der Waals surface area (Å²) in [5.74, 6) is 1.53. The minimum absolute atomic E-state index is 0.346. The fourth-order valence-corrected chi connectivity index (χ4v) is 8.65. The molecule has 2 aliphatic rings. The highest BCUT2D eigenvalue weighted by atomic mass is 15.0. The second-order valence-electron chi connectivity index (χ2n) is 14.9. The lowest BCUT2D eigenvalue weighted by atomic mass is 9.88. The molecule has 10 rings (SSSR count). The maximum atomic E-state index is 5.17. The Morgan fingerprint density at radius 2 is 1.23 bits per heavy atom. The van der Waals surface area contributed by atoms with Crippen LogP contribution in [0.15, 0.2) is 209 Å². The number of benzene rings is 7. The number of rotatable bonds is 7. The topological polar surface area (TPSA) is 42.0 Å². The smallest absolute Gasteiger partial charge is 0.161 e. The van der Waals surface area contributed by atoms with Gasteiger partial charge in [-0.05, 0) is 82.8 Å². The van der Waals surface area contributed by atoms with Gasteiger partial charge < -0.3 is 4.57 Å². The normalized spacial score (nSPS) is 15.3. The first-order valence-corrected chi connectivity index (χ1v) is 19.6. The highest BCUT2D eigenvalue weighted by molar-refractivity contribution is 6.13. The van der Waals surface area contributed by atoms with Crippen LogP contribution in [0.3, 0.4) is 0 Å². The standard InChI is InChI=1S/C53H40N4/c1-54-52(39-18-9-4-10-19-39)56-53(43-21-13-20-40(31-43)37-14-5-2-6-15-37)55-35-36-24-28-46-44(30-36)32-42-25-27-45(34-49(42)46)57-50-23-12-11-22-47(50)48-29-26-41(33-51(48)57)38-16-7-3-8-17-38/h2-31,33,49H,1,32,34-35H2. The number of amidine groups is 2. The number of nitrogens with zero attached hydrogens (tertiary/aromatic N) is 4. The zero-order chi connectivity index (χ0) is 38.1. The number of para-hydroxylation sites is 1. The van der Waals surface area contributed by atoms with Gasteiger partial charge in [-0.25, -0.2) is 9.98 Å². The predicted octanol–water partition coefficient (Wildman–Crippen LogP) is 12.7. The Bertz CT molecular complexity index is 2930. The van der Waals surface area contributed by atoms with Crippen molar-refractivity contribution in [2.75, 3.05) is 0 Å². The zero-order valence-corrected chi connectivity index (χ0v) is 31.6. The van der Waals surface area contributed by atoms with Crippen molar-refractivity contribution < 1.29 is 0 Å². The molecule has 4 heteroatoms. The average Bonchev–Trinajstić information content (AvgIpc) is 3.82. The van der Waals surface area contributed by atoms with E-state index in [0.717, 1.165) is 40.7 Å². The lowest BCUT2D eigenvalue weighted by molar-refractivity contribution is 0.808. The monoisotopic (exact) mass is 732 g/mol. The molecule has 1 unspecified atom stereocenters. The zero-order valence-electron chi connectivity index (χ0n) is 31.6. The molecule has 0 N–H and O–H groups in total. The van der Waals surface area contributed by atoms with Crippen molar-refractivity contribution in [3.8, 4) is 22.3 Å². The Kier molecular flexibility index (Phi) is 8.92. The molecule has 0 saturated carbocycles. The fraction of sp³-hybridized carbons (Fsp3) is 0.0755. The van der Waals surface area contributed by atoms with Crippen LogP contribution in [0.25, 0.3) is 49.8 Å². The van der Waals surface area contributed by atoms with Crippen LogP contribution in [0.1, 0.15) is 40.2 Å². The third-order valence-corrected chi connectivity index (χ3v) is 11.4. The van der Waals surface area contributed by atoms with Crippen LogP contribution >= 0.6 is 0 Å². The van der Waals surface area contributed by atoms with Crippen molar-refractivity contribution in [1.29, 1.82) is 0 Å². The lowest BCUT2D eigenvalue weighted by Crippen LogP contribution is -2.07. The van der Waals surface area contributed by atoms with Gasteiger partial charge in [0, 0.05) is 33.5 Å². The largest absolute Gasteiger partial charge is 0.313 e. The highest BCUT2D eigenvalue weighted by Gasteiger charge is 2.31. The van der Waals surface area contributed by atoms with Crippen molar-refractivity contribution in [2.24, 2.45) is 15.0 Å². The molecule has 0 aliphatic heterocycles. The summed E-state index contributed by atoms with van der Waals surface area (Å²) < 4.78 is 2.50. The molecule has 0 radical (unpaired) electrons. The van der Waals surface area contributed by atoms with Gasteiger partial charge >= 0.3 is 0 Å². The minimum Gasteiger partial charge on any atom is -0.313 e. The van der Waals surface area contributed by atoms with E-state index in [1.54, 1.807) is 0 Å². The Labute approximate surface area is 333 Å². The summed E-state index contributed by atoms with van der Waals surface area (Å²) in [6, 6.07) is 62.2. The number of hydrogen-bond acceptors (Lipinski definition) is 1. The summed E-state index contributed by atoms with van der Waals surface area (Å²) in [4.78, 5) is 14.5. The number of hydrogen-bond donors (Lipinski definition) is 0. The second kappa shape index (κ2) is 14.8. The number of aliphatic imine (C=N–C) groups is 3. The van der Waals surface area contributed by atoms with Crippen molar-refractivity contribution in [3.63, 3.8) is 0 Å². The molecule has 0 fully saturated rings. The Morgan fingerprint density at radius 1 is 0.561 bits per heavy atom. The van der Waals surface area contributed by atoms with Crippen molar-refractivity contribution in [3.05, 3.63) is 221 Å². The Hall–Kier alpha value is -7.17. The summed E-state index contributed by atoms with van der Waals surface area (Å²) in [7, 11) is 0. The van der Waals surface area contributed by atoms with E-state index in [-0.39, 0.29) is 0 Å². The first-order valence-electron chi connectivity index (χ1n) is 19.6. The van der Waals surface area contributed by atoms with E-state index in [9.17, 15) is 0 Å². The highest BCUT2D eigenvalue weighted by Crippen LogP contribution is 2.46. The van der Waals surface area contributed by atoms with Crippen LogP contribution in [0.5, 0.6) is 0 Å². The number of allylic oxidation sites excluding steroid dienone is 4. The van der Waals surface area contributed by atoms with Gasteiger partial charge in [0.1, 0.15) is 0 Å². The van der Waals surface area contributed by atoms with Crippen LogP contribution in [-0.4, -0.2) is 23.0 Å². The molecule has 1 atom stereocenters. The first kappa shape index (κ1) is 34.3. The summed E-state index contributed by atoms with van der Waals surface area (Å²) in [5, 5.41) is 2.57. The van der Waals surface area contributed by atoms with Gasteiger partial charge in [-0.3, -0.25) is 4.99 Å². The van der Waals surface area contributed by atoms with Crippen molar-refractivity contribution in [1.82, 2.24) is 4.57 Å². The molecule has 4 nitrogen and oxygen atoms in total. The van der Waals surface area contributed by atoms with Gasteiger partial charge in [0.25, 0.3) is 0 Å². The van der Waals surface area contributed by atoms with Gasteiger partial charge in [-0.15, -0.1) is 0 Å². The summed E-state index contributed by atoms with van der Waals surface area (Å²) in [6.45, 7) is 4.36. The van der Waals surface area contributed by atoms with Gasteiger partial charge in [0.15, 0.2) is 11.7 Å². The van der Waals surface area contributed by atoms with E-state index in [4.69, 9.17) is 9.98 Å². The van der Waals surface area contributed by atoms with Crippen molar-refractivity contribution >= 4 is 45.9 Å². The van der Waals surface area contributed by atoms with Crippen LogP contribution in [-0.2, 0) is 13.0 Å². The molecule has 1 aromatic heterocycles. The third kappa shape index (κ3) is 6.55. The summed E-state index contributed by atoms with van der Waals surface area (Å²) in [6.07, 6.45) is 6.64. The molecule has 8 aromatic rings. The van der Waals surface area contributed by atoms with Crippen molar-refractivity contribution in [2.45, 2.75) is 25.3 Å². The summed E-state index contributed by atoms with van der Waals surface area (Å²) in [5.41, 5.74) is 15.8. The molecule has 0 spiro atoms. The molecule has 57 heavy (non-hydrogen) atoms. The first-order chi connectivity index (χ1) is 28.2. The summed E-state index contributed by atoms with van der Waals surface area (Å²) >= 11 is 0. The minimum atomic E-state index is 0.346. The SMILES string of the molecule is C=NC(=NC(=NCc1ccc2c(c1)CC1=CC=C(n3c4ccccc4c4ccc(-c5ccccc5)cc43)CC12)c1cccc(-c2ccccc2)c1)c1ccccc1. The van der Waals surface area contributed by atoms with Gasteiger partial charge in [0.05, 0.1) is 17.6 Å². The maximum Gasteiger partial charge on any atom is 0.161 e. The van der Waals surface area contributed by atoms with E-state index in [0.29, 0.717) is 24.1 Å². The fourth-order valence-electron chi connectivity index (χ4n) is 8.65. The number of fused-ring (bicyclic) bond motifs is 6. The molecule has 7 aromatic carbocycles. The molecule has 0 bridgehead atoms. The second-order valence-corrected chi connectivity index (χ2v) is 14.9. The number of aromatic nitrogens is 1. The van der Waals surface area contributed by atoms with Gasteiger partial charge in [-0.1, -0.05) is 169 Å². The van der Waals surface area contributed by atoms with Crippen LogP contribution in [0.2, 0.25) is 0 Å². The molecule has 0 amide bonds. The quantitative estimate of drug-likeness (QED) is 0.116. The van der Waals surface area contributed by atoms with Crippen LogP contribution in [0, 0.1) is 0 Å². The lowest BCUT2D eigenvalue weighted by Gasteiger charge is -2.22. The molecule has 2 aliphatic carbocycles. The molecule has 272 valence electrons. The molecular weight excluding hydrogens is 693 g/mol. The molecule has 0 saturated heterocycles. The molecular formula is C53H40N4. The van der Waals surface area contributed by atoms with E-state index in [2.05, 4.69) is 168 Å². The van der Waals surface area contributed by atoms with Gasteiger partial charge in [-0.2, -0.15) is 0 Å². The predicted molar refractivity (Wildman–Crippen MR) is 239 cm³/mol. The van der Waals surface area contributed by atoms with E-state index in [1.807, 2.05) is 36.4 Å². The molecule has 1 heterocycles. The van der Waals surface area contributed by atoms with E-state index >= 15 is 0 Å². The average molecular weight is 733 g/mol. The van der Waals surface area contributed by atoms with Crippen LogP contribution in [0.4, 0.5) is 0 Å². The third-order valence-electron chi connectivity index (χ3n) is 11.4. The Balaban J connectivity index is 0.971. The van der Waals surface area contributed by atoms with Crippen LogP contribution < -0.4 is 0 Å². The van der Waals surface area contributed by atoms with E-state index in [1.165, 1.54) is 55.3 Å². The van der Waals surface area contributed by atoms with Gasteiger partial charge in [0.2, 0.25) is 0 Å². The van der Waals surface area contributed by atoms with E-state index < -0.39 is 0 Å².